The van der Waals surface area contributed by atoms with E-state index < -0.39 is 30.3 Å². The van der Waals surface area contributed by atoms with Crippen molar-refractivity contribution in [2.75, 3.05) is 0 Å². The van der Waals surface area contributed by atoms with E-state index in [2.05, 4.69) is 0 Å². The Morgan fingerprint density at radius 1 is 1.12 bits per heavy atom. The summed E-state index contributed by atoms with van der Waals surface area (Å²) in [5.41, 5.74) is 5.11. The van der Waals surface area contributed by atoms with Crippen LogP contribution in [0.3, 0.4) is 0 Å². The van der Waals surface area contributed by atoms with Gasteiger partial charge in [-0.1, -0.05) is 6.07 Å². The van der Waals surface area contributed by atoms with Crippen LogP contribution in [0.15, 0.2) is 18.2 Å². The predicted molar refractivity (Wildman–Crippen MR) is 51.2 cm³/mol. The van der Waals surface area contributed by atoms with Gasteiger partial charge in [0, 0.05) is 6.04 Å². The molecule has 92 valence electrons. The van der Waals surface area contributed by atoms with E-state index in [4.69, 9.17) is 5.73 Å². The van der Waals surface area contributed by atoms with Crippen LogP contribution in [0, 0.1) is 11.6 Å². The summed E-state index contributed by atoms with van der Waals surface area (Å²) in [5.74, 6) is -2.32. The summed E-state index contributed by atoms with van der Waals surface area (Å²) in [7, 11) is 0. The lowest BCUT2D eigenvalue weighted by molar-refractivity contribution is -0.138. The zero-order valence-corrected chi connectivity index (χ0v) is 8.71. The van der Waals surface area contributed by atoms with Gasteiger partial charge in [0.05, 0.1) is 6.42 Å². The third-order valence-corrected chi connectivity index (χ3v) is 1.82. The van der Waals surface area contributed by atoms with Crippen LogP contribution in [-0.4, -0.2) is 6.18 Å². The van der Waals surface area contributed by atoms with Crippen molar-refractivity contribution >= 4 is 12.4 Å². The van der Waals surface area contributed by atoms with Crippen molar-refractivity contribution in [3.63, 3.8) is 0 Å². The molecule has 0 aliphatic carbocycles. The van der Waals surface area contributed by atoms with Crippen molar-refractivity contribution in [1.82, 2.24) is 0 Å². The van der Waals surface area contributed by atoms with E-state index in [-0.39, 0.29) is 18.0 Å². The van der Waals surface area contributed by atoms with Crippen LogP contribution in [0.25, 0.3) is 0 Å². The van der Waals surface area contributed by atoms with Crippen molar-refractivity contribution in [3.8, 4) is 0 Å². The molecule has 1 aromatic rings. The van der Waals surface area contributed by atoms with Crippen molar-refractivity contribution < 1.29 is 22.0 Å². The number of hydrogen-bond acceptors (Lipinski definition) is 1. The van der Waals surface area contributed by atoms with Crippen LogP contribution in [0.2, 0.25) is 0 Å². The van der Waals surface area contributed by atoms with Crippen LogP contribution < -0.4 is 5.73 Å². The molecule has 0 radical (unpaired) electrons. The minimum absolute atomic E-state index is 0. The Morgan fingerprint density at radius 2 is 1.69 bits per heavy atom. The van der Waals surface area contributed by atoms with E-state index >= 15 is 0 Å². The van der Waals surface area contributed by atoms with Gasteiger partial charge in [-0.3, -0.25) is 0 Å². The summed E-state index contributed by atoms with van der Waals surface area (Å²) in [6, 6.07) is 1.08. The quantitative estimate of drug-likeness (QED) is 0.812. The summed E-state index contributed by atoms with van der Waals surface area (Å²) in [6.07, 6.45) is -5.69. The lowest BCUT2D eigenvalue weighted by Crippen LogP contribution is -2.20. The first-order valence-corrected chi connectivity index (χ1v) is 4.07. The van der Waals surface area contributed by atoms with Gasteiger partial charge < -0.3 is 5.73 Å². The van der Waals surface area contributed by atoms with E-state index in [0.717, 1.165) is 12.1 Å². The van der Waals surface area contributed by atoms with E-state index in [1.807, 2.05) is 0 Å². The molecule has 1 aromatic carbocycles. The highest BCUT2D eigenvalue weighted by Crippen LogP contribution is 2.28. The predicted octanol–water partition coefficient (Wildman–Crippen LogP) is 3.34. The normalized spacial score (nSPS) is 13.1. The first-order chi connectivity index (χ1) is 6.79. The highest BCUT2D eigenvalue weighted by atomic mass is 35.5. The second-order valence-electron chi connectivity index (χ2n) is 3.10. The SMILES string of the molecule is Cl.N[C@H](CC(F)(F)F)c1ccc(F)c(F)c1. The van der Waals surface area contributed by atoms with Crippen molar-refractivity contribution in [1.29, 1.82) is 0 Å². The smallest absolute Gasteiger partial charge is 0.324 e. The number of rotatable bonds is 2. The molecule has 0 spiro atoms. The molecule has 1 atom stereocenters. The Morgan fingerprint density at radius 3 is 2.12 bits per heavy atom. The van der Waals surface area contributed by atoms with Gasteiger partial charge in [0.15, 0.2) is 11.6 Å². The molecule has 0 unspecified atom stereocenters. The summed E-state index contributed by atoms with van der Waals surface area (Å²) in [5, 5.41) is 0. The molecule has 0 fully saturated rings. The lowest BCUT2D eigenvalue weighted by Gasteiger charge is -2.14. The lowest BCUT2D eigenvalue weighted by atomic mass is 10.0. The number of benzene rings is 1. The van der Waals surface area contributed by atoms with E-state index in [1.54, 1.807) is 0 Å². The van der Waals surface area contributed by atoms with Gasteiger partial charge >= 0.3 is 6.18 Å². The number of alkyl halides is 3. The average Bonchev–Trinajstić information content (AvgIpc) is 2.06. The van der Waals surface area contributed by atoms with Gasteiger partial charge in [-0.2, -0.15) is 13.2 Å². The van der Waals surface area contributed by atoms with Gasteiger partial charge in [0.2, 0.25) is 0 Å². The largest absolute Gasteiger partial charge is 0.390 e. The Bertz CT molecular complexity index is 352. The summed E-state index contributed by atoms with van der Waals surface area (Å²) in [6.45, 7) is 0. The fourth-order valence-corrected chi connectivity index (χ4v) is 1.11. The van der Waals surface area contributed by atoms with E-state index in [1.165, 1.54) is 0 Å². The molecular formula is C9H9ClF5N. The van der Waals surface area contributed by atoms with Gasteiger partial charge in [-0.05, 0) is 17.7 Å². The molecule has 7 heteroatoms. The second kappa shape index (κ2) is 5.45. The van der Waals surface area contributed by atoms with Gasteiger partial charge in [0.25, 0.3) is 0 Å². The highest BCUT2D eigenvalue weighted by molar-refractivity contribution is 5.85. The molecular weight excluding hydrogens is 253 g/mol. The summed E-state index contributed by atoms with van der Waals surface area (Å²) < 4.78 is 60.9. The summed E-state index contributed by atoms with van der Waals surface area (Å²) >= 11 is 0. The van der Waals surface area contributed by atoms with Crippen molar-refractivity contribution in [2.24, 2.45) is 5.73 Å². The molecule has 0 heterocycles. The molecule has 2 N–H and O–H groups in total. The Kier molecular flexibility index (Phi) is 5.15. The molecule has 1 rings (SSSR count). The third kappa shape index (κ3) is 4.32. The van der Waals surface area contributed by atoms with Crippen molar-refractivity contribution in [2.45, 2.75) is 18.6 Å². The maximum absolute atomic E-state index is 12.7. The molecule has 0 saturated carbocycles. The molecule has 0 bridgehead atoms. The maximum atomic E-state index is 12.7. The van der Waals surface area contributed by atoms with Crippen LogP contribution in [0.4, 0.5) is 22.0 Å². The molecule has 0 amide bonds. The first-order valence-electron chi connectivity index (χ1n) is 4.07. The topological polar surface area (TPSA) is 26.0 Å². The van der Waals surface area contributed by atoms with Gasteiger partial charge in [-0.15, -0.1) is 12.4 Å². The third-order valence-electron chi connectivity index (χ3n) is 1.82. The van der Waals surface area contributed by atoms with Crippen molar-refractivity contribution in [3.05, 3.63) is 35.4 Å². The van der Waals surface area contributed by atoms with Gasteiger partial charge in [0.1, 0.15) is 0 Å². The van der Waals surface area contributed by atoms with E-state index in [9.17, 15) is 22.0 Å². The highest BCUT2D eigenvalue weighted by Gasteiger charge is 2.31. The molecule has 1 nitrogen and oxygen atoms in total. The zero-order valence-electron chi connectivity index (χ0n) is 7.89. The maximum Gasteiger partial charge on any atom is 0.390 e. The fraction of sp³-hybridized carbons (Fsp3) is 0.333. The fourth-order valence-electron chi connectivity index (χ4n) is 1.11. The first kappa shape index (κ1) is 15.1. The Labute approximate surface area is 94.8 Å². The van der Waals surface area contributed by atoms with Crippen LogP contribution in [0.5, 0.6) is 0 Å². The number of hydrogen-bond donors (Lipinski definition) is 1. The molecule has 0 aliphatic rings. The summed E-state index contributed by atoms with van der Waals surface area (Å²) in [4.78, 5) is 0. The number of nitrogens with two attached hydrogens (primary N) is 1. The minimum atomic E-state index is -4.43. The average molecular weight is 262 g/mol. The zero-order chi connectivity index (χ0) is 11.6. The monoisotopic (exact) mass is 261 g/mol. The number of halogens is 6. The van der Waals surface area contributed by atoms with Gasteiger partial charge in [-0.25, -0.2) is 8.78 Å². The Balaban J connectivity index is 0.00000225. The van der Waals surface area contributed by atoms with Crippen LogP contribution >= 0.6 is 12.4 Å². The standard InChI is InChI=1S/C9H8F5N.ClH/c10-6-2-1-5(3-7(6)11)8(15)4-9(12,13)14;/h1-3,8H,4,15H2;1H/t8-;/m1./s1. The molecule has 16 heavy (non-hydrogen) atoms. The molecule has 0 aromatic heterocycles. The second-order valence-corrected chi connectivity index (χ2v) is 3.10. The molecule has 0 aliphatic heterocycles. The van der Waals surface area contributed by atoms with Crippen LogP contribution in [-0.2, 0) is 0 Å². The Hall–Kier alpha value is -0.880. The minimum Gasteiger partial charge on any atom is -0.324 e. The van der Waals surface area contributed by atoms with Crippen LogP contribution in [0.1, 0.15) is 18.0 Å². The van der Waals surface area contributed by atoms with E-state index in [0.29, 0.717) is 6.07 Å². The molecule has 0 saturated heterocycles.